The van der Waals surface area contributed by atoms with Crippen molar-refractivity contribution in [3.8, 4) is 11.4 Å². The van der Waals surface area contributed by atoms with E-state index in [0.717, 1.165) is 22.0 Å². The molecular weight excluding hydrogens is 378 g/mol. The number of carbonyl (C=O) groups is 2. The molecule has 0 fully saturated rings. The van der Waals surface area contributed by atoms with Crippen LogP contribution in [0.4, 0.5) is 5.69 Å². The second-order valence-corrected chi connectivity index (χ2v) is 7.07. The summed E-state index contributed by atoms with van der Waals surface area (Å²) in [5.74, 6) is -1.66. The van der Waals surface area contributed by atoms with E-state index in [4.69, 9.17) is 4.98 Å². The minimum Gasteiger partial charge on any atom is -0.545 e. The third kappa shape index (κ3) is 3.75. The van der Waals surface area contributed by atoms with E-state index in [1.807, 2.05) is 44.2 Å². The van der Waals surface area contributed by atoms with E-state index in [0.29, 0.717) is 22.6 Å². The molecule has 4 aromatic rings. The molecule has 0 unspecified atom stereocenters. The highest BCUT2D eigenvalue weighted by atomic mass is 16.4. The Balaban J connectivity index is 1.85. The summed E-state index contributed by atoms with van der Waals surface area (Å²) in [5.41, 5.74) is 4.74. The molecular formula is C24H18N3O3-. The van der Waals surface area contributed by atoms with E-state index in [1.165, 1.54) is 12.1 Å². The number of amides is 1. The third-order valence-electron chi connectivity index (χ3n) is 4.78. The molecule has 2 aromatic carbocycles. The Bertz CT molecular complexity index is 1280. The van der Waals surface area contributed by atoms with Crippen LogP contribution >= 0.6 is 0 Å². The highest BCUT2D eigenvalue weighted by Gasteiger charge is 2.16. The molecule has 30 heavy (non-hydrogen) atoms. The van der Waals surface area contributed by atoms with E-state index in [2.05, 4.69) is 10.3 Å². The van der Waals surface area contributed by atoms with Gasteiger partial charge >= 0.3 is 0 Å². The van der Waals surface area contributed by atoms with Crippen molar-refractivity contribution >= 4 is 28.5 Å². The first-order valence-electron chi connectivity index (χ1n) is 9.38. The first kappa shape index (κ1) is 19.3. The number of carboxylic acids is 1. The SMILES string of the molecule is Cc1cc(C)c2nc(-c3ccccn3)cc(C(=O)Nc3cccc(C(=O)[O-])c3)c2c1. The number of nitrogens with zero attached hydrogens (tertiary/aromatic N) is 2. The quantitative estimate of drug-likeness (QED) is 0.569. The molecule has 0 radical (unpaired) electrons. The van der Waals surface area contributed by atoms with Gasteiger partial charge in [-0.15, -0.1) is 0 Å². The monoisotopic (exact) mass is 396 g/mol. The lowest BCUT2D eigenvalue weighted by molar-refractivity contribution is -0.255. The Kier molecular flexibility index (Phi) is 4.98. The first-order chi connectivity index (χ1) is 14.4. The summed E-state index contributed by atoms with van der Waals surface area (Å²) in [6.07, 6.45) is 1.67. The molecule has 4 rings (SSSR count). The van der Waals surface area contributed by atoms with Crippen molar-refractivity contribution in [3.05, 3.63) is 89.1 Å². The zero-order valence-corrected chi connectivity index (χ0v) is 16.5. The number of pyridine rings is 2. The molecule has 6 nitrogen and oxygen atoms in total. The molecule has 0 atom stereocenters. The van der Waals surface area contributed by atoms with Crippen molar-refractivity contribution < 1.29 is 14.7 Å². The van der Waals surface area contributed by atoms with Crippen LogP contribution in [0.25, 0.3) is 22.3 Å². The normalized spacial score (nSPS) is 10.7. The summed E-state index contributed by atoms with van der Waals surface area (Å²) >= 11 is 0. The van der Waals surface area contributed by atoms with Crippen molar-refractivity contribution in [2.24, 2.45) is 0 Å². The van der Waals surface area contributed by atoms with Crippen LogP contribution in [0.15, 0.2) is 66.9 Å². The molecule has 1 N–H and O–H groups in total. The van der Waals surface area contributed by atoms with Gasteiger partial charge in [-0.1, -0.05) is 29.8 Å². The maximum absolute atomic E-state index is 13.2. The number of nitrogens with one attached hydrogen (secondary N) is 1. The number of aromatic carboxylic acids is 1. The topological polar surface area (TPSA) is 95.0 Å². The Labute approximate surface area is 173 Å². The van der Waals surface area contributed by atoms with Crippen molar-refractivity contribution in [2.45, 2.75) is 13.8 Å². The third-order valence-corrected chi connectivity index (χ3v) is 4.78. The smallest absolute Gasteiger partial charge is 0.256 e. The lowest BCUT2D eigenvalue weighted by Gasteiger charge is -2.13. The lowest BCUT2D eigenvalue weighted by Crippen LogP contribution is -2.22. The number of fused-ring (bicyclic) bond motifs is 1. The van der Waals surface area contributed by atoms with Gasteiger partial charge in [0.25, 0.3) is 5.91 Å². The molecule has 1 amide bonds. The Morgan fingerprint density at radius 2 is 1.77 bits per heavy atom. The summed E-state index contributed by atoms with van der Waals surface area (Å²) in [5, 5.41) is 14.6. The fourth-order valence-electron chi connectivity index (χ4n) is 3.44. The summed E-state index contributed by atoms with van der Waals surface area (Å²) in [6, 6.07) is 17.1. The molecule has 2 aromatic heterocycles. The molecule has 0 aliphatic heterocycles. The van der Waals surface area contributed by atoms with Crippen LogP contribution in [-0.2, 0) is 0 Å². The van der Waals surface area contributed by atoms with Gasteiger partial charge in [0, 0.05) is 17.3 Å². The van der Waals surface area contributed by atoms with Crippen molar-refractivity contribution in [1.82, 2.24) is 9.97 Å². The summed E-state index contributed by atoms with van der Waals surface area (Å²) in [6.45, 7) is 3.92. The summed E-state index contributed by atoms with van der Waals surface area (Å²) in [4.78, 5) is 33.4. The summed E-state index contributed by atoms with van der Waals surface area (Å²) in [7, 11) is 0. The lowest BCUT2D eigenvalue weighted by atomic mass is 10.00. The minimum atomic E-state index is -1.30. The van der Waals surface area contributed by atoms with Crippen LogP contribution in [0.1, 0.15) is 31.8 Å². The number of carboxylic acid groups (broad SMARTS) is 1. The van der Waals surface area contributed by atoms with Gasteiger partial charge in [0.2, 0.25) is 0 Å². The molecule has 0 aliphatic rings. The van der Waals surface area contributed by atoms with Gasteiger partial charge in [0.05, 0.1) is 28.4 Å². The van der Waals surface area contributed by atoms with Crippen LogP contribution in [-0.4, -0.2) is 21.8 Å². The Morgan fingerprint density at radius 1 is 0.933 bits per heavy atom. The maximum Gasteiger partial charge on any atom is 0.256 e. The number of hydrogen-bond acceptors (Lipinski definition) is 5. The largest absolute Gasteiger partial charge is 0.545 e. The van der Waals surface area contributed by atoms with Crippen LogP contribution in [0, 0.1) is 13.8 Å². The van der Waals surface area contributed by atoms with Gasteiger partial charge in [-0.25, -0.2) is 4.98 Å². The van der Waals surface area contributed by atoms with Gasteiger partial charge in [0.15, 0.2) is 0 Å². The predicted octanol–water partition coefficient (Wildman–Crippen LogP) is 3.53. The number of benzene rings is 2. The van der Waals surface area contributed by atoms with Gasteiger partial charge < -0.3 is 15.2 Å². The van der Waals surface area contributed by atoms with Crippen LogP contribution < -0.4 is 10.4 Å². The predicted molar refractivity (Wildman–Crippen MR) is 113 cm³/mol. The standard InChI is InChI=1S/C24H19N3O3/c1-14-10-15(2)22-18(11-14)19(13-21(27-22)20-8-3-4-9-25-20)23(28)26-17-7-5-6-16(12-17)24(29)30/h3-13H,1-2H3,(H,26,28)(H,29,30)/p-1. The number of anilines is 1. The van der Waals surface area contributed by atoms with Crippen molar-refractivity contribution in [2.75, 3.05) is 5.32 Å². The zero-order valence-electron chi connectivity index (χ0n) is 16.5. The fraction of sp³-hybridized carbons (Fsp3) is 0.0833. The molecule has 0 bridgehead atoms. The van der Waals surface area contributed by atoms with E-state index in [-0.39, 0.29) is 11.5 Å². The van der Waals surface area contributed by atoms with E-state index >= 15 is 0 Å². The van der Waals surface area contributed by atoms with Crippen molar-refractivity contribution in [1.29, 1.82) is 0 Å². The van der Waals surface area contributed by atoms with E-state index < -0.39 is 5.97 Å². The second-order valence-electron chi connectivity index (χ2n) is 7.07. The Hall–Kier alpha value is -4.06. The number of carbonyl (C=O) groups excluding carboxylic acids is 2. The van der Waals surface area contributed by atoms with Crippen LogP contribution in [0.3, 0.4) is 0 Å². The van der Waals surface area contributed by atoms with Gasteiger partial charge in [0.1, 0.15) is 0 Å². The molecule has 0 spiro atoms. The van der Waals surface area contributed by atoms with Crippen LogP contribution in [0.5, 0.6) is 0 Å². The number of rotatable bonds is 4. The fourth-order valence-corrected chi connectivity index (χ4v) is 3.44. The van der Waals surface area contributed by atoms with Gasteiger partial charge in [-0.3, -0.25) is 9.78 Å². The molecule has 6 heteroatoms. The number of aryl methyl sites for hydroxylation is 2. The first-order valence-corrected chi connectivity index (χ1v) is 9.38. The summed E-state index contributed by atoms with van der Waals surface area (Å²) < 4.78 is 0. The highest BCUT2D eigenvalue weighted by Crippen LogP contribution is 2.28. The number of aromatic nitrogens is 2. The molecule has 148 valence electrons. The Morgan fingerprint density at radius 3 is 2.50 bits per heavy atom. The van der Waals surface area contributed by atoms with E-state index in [9.17, 15) is 14.7 Å². The van der Waals surface area contributed by atoms with Crippen molar-refractivity contribution in [3.63, 3.8) is 0 Å². The minimum absolute atomic E-state index is 0.00625. The molecule has 0 saturated heterocycles. The average molecular weight is 396 g/mol. The number of hydrogen-bond donors (Lipinski definition) is 1. The van der Waals surface area contributed by atoms with Crippen LogP contribution in [0.2, 0.25) is 0 Å². The molecule has 0 aliphatic carbocycles. The van der Waals surface area contributed by atoms with Gasteiger partial charge in [-0.05, 0) is 61.4 Å². The highest BCUT2D eigenvalue weighted by molar-refractivity contribution is 6.13. The van der Waals surface area contributed by atoms with E-state index in [1.54, 1.807) is 24.4 Å². The molecule has 0 saturated carbocycles. The average Bonchev–Trinajstić information content (AvgIpc) is 2.74. The molecule has 2 heterocycles. The second kappa shape index (κ2) is 7.75. The zero-order chi connectivity index (χ0) is 21.3. The van der Waals surface area contributed by atoms with Gasteiger partial charge in [-0.2, -0.15) is 0 Å². The maximum atomic E-state index is 13.2.